The molecule has 1 fully saturated rings. The van der Waals surface area contributed by atoms with Crippen LogP contribution in [0.1, 0.15) is 36.2 Å². The third kappa shape index (κ3) is 5.76. The Hall–Kier alpha value is -0.990. The van der Waals surface area contributed by atoms with Crippen LogP contribution < -0.4 is 10.9 Å². The topological polar surface area (TPSA) is 63.1 Å². The van der Waals surface area contributed by atoms with Gasteiger partial charge in [0.2, 0.25) is 0 Å². The van der Waals surface area contributed by atoms with E-state index in [4.69, 9.17) is 4.98 Å². The summed E-state index contributed by atoms with van der Waals surface area (Å²) in [7, 11) is 3.72. The van der Waals surface area contributed by atoms with Gasteiger partial charge in [0, 0.05) is 19.0 Å². The summed E-state index contributed by atoms with van der Waals surface area (Å²) in [5.41, 5.74) is 3.50. The Morgan fingerprint density at radius 3 is 2.57 bits per heavy atom. The number of halogens is 2. The summed E-state index contributed by atoms with van der Waals surface area (Å²) in [6.07, 6.45) is 3.80. The molecule has 1 aliphatic heterocycles. The highest BCUT2D eigenvalue weighted by atomic mass is 35.5. The SMILES string of the molecule is CNCCC1CCN(Cc2csc(-c3c(C)c(C)nn(C)c3=O)n2)CC1.Cl.Cl. The normalized spacial score (nSPS) is 15.1. The number of aromatic nitrogens is 3. The number of thiazole rings is 1. The maximum Gasteiger partial charge on any atom is 0.277 e. The van der Waals surface area contributed by atoms with Crippen molar-refractivity contribution in [1.29, 1.82) is 0 Å². The predicted molar refractivity (Wildman–Crippen MR) is 121 cm³/mol. The Morgan fingerprint density at radius 1 is 1.25 bits per heavy atom. The number of rotatable bonds is 6. The van der Waals surface area contributed by atoms with Crippen molar-refractivity contribution in [1.82, 2.24) is 25.0 Å². The van der Waals surface area contributed by atoms with Crippen LogP contribution in [0.25, 0.3) is 10.6 Å². The van der Waals surface area contributed by atoms with Gasteiger partial charge in [-0.1, -0.05) is 0 Å². The molecule has 0 aliphatic carbocycles. The van der Waals surface area contributed by atoms with Crippen molar-refractivity contribution in [3.8, 4) is 10.6 Å². The summed E-state index contributed by atoms with van der Waals surface area (Å²) in [6, 6.07) is 0. The third-order valence-corrected chi connectivity index (χ3v) is 6.30. The number of nitrogens with one attached hydrogen (secondary N) is 1. The minimum Gasteiger partial charge on any atom is -0.320 e. The van der Waals surface area contributed by atoms with Gasteiger partial charge in [-0.25, -0.2) is 9.67 Å². The molecule has 2 aromatic rings. The first-order chi connectivity index (χ1) is 12.5. The number of likely N-dealkylation sites (tertiary alicyclic amines) is 1. The van der Waals surface area contributed by atoms with Crippen LogP contribution in [-0.4, -0.2) is 46.3 Å². The number of hydrogen-bond donors (Lipinski definition) is 1. The first-order valence-electron chi connectivity index (χ1n) is 9.35. The zero-order valence-corrected chi connectivity index (χ0v) is 19.5. The van der Waals surface area contributed by atoms with Crippen LogP contribution in [0.3, 0.4) is 0 Å². The summed E-state index contributed by atoms with van der Waals surface area (Å²) in [5, 5.41) is 10.4. The summed E-state index contributed by atoms with van der Waals surface area (Å²) in [6.45, 7) is 8.15. The van der Waals surface area contributed by atoms with E-state index in [0.717, 1.165) is 54.1 Å². The zero-order valence-electron chi connectivity index (χ0n) is 17.0. The van der Waals surface area contributed by atoms with Crippen LogP contribution in [0.4, 0.5) is 0 Å². The molecule has 0 amide bonds. The van der Waals surface area contributed by atoms with Crippen molar-refractivity contribution < 1.29 is 0 Å². The maximum absolute atomic E-state index is 12.5. The van der Waals surface area contributed by atoms with Gasteiger partial charge < -0.3 is 5.32 Å². The van der Waals surface area contributed by atoms with E-state index in [9.17, 15) is 4.79 Å². The molecule has 0 unspecified atom stereocenters. The molecule has 1 N–H and O–H groups in total. The van der Waals surface area contributed by atoms with E-state index in [1.165, 1.54) is 23.9 Å². The second-order valence-electron chi connectivity index (χ2n) is 7.27. The summed E-state index contributed by atoms with van der Waals surface area (Å²) in [4.78, 5) is 19.8. The molecule has 0 spiro atoms. The Morgan fingerprint density at radius 2 is 1.93 bits per heavy atom. The minimum atomic E-state index is -0.0700. The molecule has 3 heterocycles. The molecule has 3 rings (SSSR count). The highest BCUT2D eigenvalue weighted by molar-refractivity contribution is 7.13. The molecule has 0 saturated carbocycles. The molecule has 158 valence electrons. The van der Waals surface area contributed by atoms with E-state index < -0.39 is 0 Å². The van der Waals surface area contributed by atoms with Crippen molar-refractivity contribution >= 4 is 36.2 Å². The van der Waals surface area contributed by atoms with Gasteiger partial charge >= 0.3 is 0 Å². The van der Waals surface area contributed by atoms with Gasteiger partial charge in [0.1, 0.15) is 5.01 Å². The molecule has 28 heavy (non-hydrogen) atoms. The monoisotopic (exact) mass is 447 g/mol. The summed E-state index contributed by atoms with van der Waals surface area (Å²) in [5.74, 6) is 0.843. The van der Waals surface area contributed by atoms with Crippen LogP contribution in [0.2, 0.25) is 0 Å². The van der Waals surface area contributed by atoms with E-state index in [-0.39, 0.29) is 30.4 Å². The van der Waals surface area contributed by atoms with Gasteiger partial charge in [-0.15, -0.1) is 36.2 Å². The Labute approximate surface area is 183 Å². The van der Waals surface area contributed by atoms with Crippen molar-refractivity contribution in [2.45, 2.75) is 39.7 Å². The smallest absolute Gasteiger partial charge is 0.277 e. The average molecular weight is 448 g/mol. The quantitative estimate of drug-likeness (QED) is 0.736. The van der Waals surface area contributed by atoms with Crippen molar-refractivity contribution in [2.75, 3.05) is 26.7 Å². The van der Waals surface area contributed by atoms with E-state index in [1.807, 2.05) is 20.9 Å². The van der Waals surface area contributed by atoms with Crippen molar-refractivity contribution in [2.24, 2.45) is 13.0 Å². The van der Waals surface area contributed by atoms with Crippen LogP contribution in [0.15, 0.2) is 10.2 Å². The Balaban J connectivity index is 0.00000196. The van der Waals surface area contributed by atoms with Crippen molar-refractivity contribution in [3.05, 3.63) is 32.7 Å². The number of aryl methyl sites for hydroxylation is 2. The lowest BCUT2D eigenvalue weighted by atomic mass is 9.93. The zero-order chi connectivity index (χ0) is 18.7. The van der Waals surface area contributed by atoms with Crippen molar-refractivity contribution in [3.63, 3.8) is 0 Å². The maximum atomic E-state index is 12.5. The fourth-order valence-electron chi connectivity index (χ4n) is 3.61. The van der Waals surface area contributed by atoms with E-state index >= 15 is 0 Å². The van der Waals surface area contributed by atoms with Crippen LogP contribution in [0, 0.1) is 19.8 Å². The Bertz CT molecular complexity index is 815. The van der Waals surface area contributed by atoms with Gasteiger partial charge in [-0.05, 0) is 71.3 Å². The molecular formula is C19H31Cl2N5OS. The van der Waals surface area contributed by atoms with Gasteiger partial charge in [0.25, 0.3) is 5.56 Å². The molecule has 0 aromatic carbocycles. The Kier molecular flexibility index (Phi) is 10.1. The lowest BCUT2D eigenvalue weighted by Crippen LogP contribution is -2.34. The van der Waals surface area contributed by atoms with Gasteiger partial charge in [0.15, 0.2) is 0 Å². The van der Waals surface area contributed by atoms with E-state index in [2.05, 4.69) is 20.7 Å². The van der Waals surface area contributed by atoms with Crippen LogP contribution >= 0.6 is 36.2 Å². The third-order valence-electron chi connectivity index (χ3n) is 5.39. The molecule has 9 heteroatoms. The van der Waals surface area contributed by atoms with E-state index in [1.54, 1.807) is 18.4 Å². The highest BCUT2D eigenvalue weighted by Gasteiger charge is 2.21. The molecule has 6 nitrogen and oxygen atoms in total. The van der Waals surface area contributed by atoms with Gasteiger partial charge in [-0.3, -0.25) is 9.69 Å². The van der Waals surface area contributed by atoms with Gasteiger partial charge in [0.05, 0.1) is 17.0 Å². The first kappa shape index (κ1) is 25.0. The standard InChI is InChI=1S/C19H29N5OS.2ClH/c1-13-14(2)22-23(4)19(25)17(13)18-21-16(12-26-18)11-24-9-6-15(7-10-24)5-8-20-3;;/h12,15,20H,5-11H2,1-4H3;2*1H. The second kappa shape index (κ2) is 11.3. The molecular weight excluding hydrogens is 417 g/mol. The summed E-state index contributed by atoms with van der Waals surface area (Å²) < 4.78 is 1.41. The minimum absolute atomic E-state index is 0. The summed E-state index contributed by atoms with van der Waals surface area (Å²) >= 11 is 1.56. The second-order valence-corrected chi connectivity index (χ2v) is 8.13. The molecule has 0 radical (unpaired) electrons. The number of nitrogens with zero attached hydrogens (tertiary/aromatic N) is 4. The first-order valence-corrected chi connectivity index (χ1v) is 10.2. The predicted octanol–water partition coefficient (Wildman–Crippen LogP) is 3.19. The fraction of sp³-hybridized carbons (Fsp3) is 0.632. The molecule has 0 atom stereocenters. The number of hydrogen-bond acceptors (Lipinski definition) is 6. The fourth-order valence-corrected chi connectivity index (χ4v) is 4.51. The van der Waals surface area contributed by atoms with E-state index in [0.29, 0.717) is 5.56 Å². The van der Waals surface area contributed by atoms with Gasteiger partial charge in [-0.2, -0.15) is 5.10 Å². The molecule has 0 bridgehead atoms. The van der Waals surface area contributed by atoms with Crippen LogP contribution in [0.5, 0.6) is 0 Å². The van der Waals surface area contributed by atoms with Crippen LogP contribution in [-0.2, 0) is 13.6 Å². The largest absolute Gasteiger partial charge is 0.320 e. The molecule has 2 aromatic heterocycles. The average Bonchev–Trinajstić information content (AvgIpc) is 3.08. The lowest BCUT2D eigenvalue weighted by molar-refractivity contribution is 0.171. The molecule has 1 saturated heterocycles. The lowest BCUT2D eigenvalue weighted by Gasteiger charge is -2.31. The molecule has 1 aliphatic rings. The number of piperidine rings is 1. The highest BCUT2D eigenvalue weighted by Crippen LogP contribution is 2.26.